The number of hydrogen-bond donors (Lipinski definition) is 4. The van der Waals surface area contributed by atoms with Gasteiger partial charge in [-0.3, -0.25) is 14.5 Å². The van der Waals surface area contributed by atoms with Crippen LogP contribution in [0, 0.1) is 0 Å². The highest BCUT2D eigenvalue weighted by Gasteiger charge is 2.54. The summed E-state index contributed by atoms with van der Waals surface area (Å²) in [4.78, 5) is 38.6. The van der Waals surface area contributed by atoms with Crippen molar-refractivity contribution >= 4 is 58.6 Å². The standard InChI is InChI=1S/C18H16ClN7O6S2/c1-25-18(21-23-24-25)34-6-8-5-33-16-12(15(29)26(16)13(8)17(30)31)20-14(28)11(22-32)7-2-3-10(27)9(19)4-7/h2-4,12,16,27,32H,5-6H2,1H3,(H,20,28)(H,30,31)/b22-11+/t12?,16-/m1/s1. The molecule has 1 unspecified atom stereocenters. The van der Waals surface area contributed by atoms with Gasteiger partial charge in [-0.2, -0.15) is 0 Å². The monoisotopic (exact) mass is 525 g/mol. The van der Waals surface area contributed by atoms with Gasteiger partial charge in [-0.15, -0.1) is 16.9 Å². The number of aryl methyl sites for hydroxylation is 1. The van der Waals surface area contributed by atoms with E-state index in [0.29, 0.717) is 16.5 Å². The second kappa shape index (κ2) is 9.52. The first kappa shape index (κ1) is 23.8. The molecule has 0 bridgehead atoms. The molecule has 0 saturated carbocycles. The molecule has 34 heavy (non-hydrogen) atoms. The Bertz CT molecular complexity index is 1250. The third kappa shape index (κ3) is 4.28. The fraction of sp³-hybridized carbons (Fsp3) is 0.278. The normalized spacial score (nSPS) is 20.1. The number of carbonyl (C=O) groups is 3. The quantitative estimate of drug-likeness (QED) is 0.128. The predicted molar refractivity (Wildman–Crippen MR) is 121 cm³/mol. The van der Waals surface area contributed by atoms with Gasteiger partial charge < -0.3 is 20.7 Å². The molecule has 1 aromatic heterocycles. The Hall–Kier alpha value is -3.30. The summed E-state index contributed by atoms with van der Waals surface area (Å²) < 4.78 is 1.45. The fourth-order valence-corrected chi connectivity index (χ4v) is 5.90. The van der Waals surface area contributed by atoms with E-state index in [9.17, 15) is 29.8 Å². The molecule has 0 aliphatic carbocycles. The summed E-state index contributed by atoms with van der Waals surface area (Å²) in [5.41, 5.74) is 0.0863. The number of benzene rings is 1. The number of hydrogen-bond acceptors (Lipinski definition) is 11. The van der Waals surface area contributed by atoms with Crippen molar-refractivity contribution < 1.29 is 29.8 Å². The van der Waals surface area contributed by atoms with E-state index in [4.69, 9.17) is 11.6 Å². The van der Waals surface area contributed by atoms with Crippen molar-refractivity contribution in [2.75, 3.05) is 11.5 Å². The topological polar surface area (TPSA) is 183 Å². The molecule has 13 nitrogen and oxygen atoms in total. The molecule has 4 rings (SSSR count). The SMILES string of the molecule is Cn1nnnc1SCC1=C(C(=O)O)N2C(=O)C(NC(=O)/C(=N/O)c3ccc(O)c(Cl)c3)[C@H]2SC1. The van der Waals surface area contributed by atoms with E-state index in [1.165, 1.54) is 46.4 Å². The Labute approximate surface area is 204 Å². The maximum Gasteiger partial charge on any atom is 0.352 e. The molecule has 2 aromatic rings. The summed E-state index contributed by atoms with van der Waals surface area (Å²) in [6.45, 7) is 0. The van der Waals surface area contributed by atoms with Crippen LogP contribution < -0.4 is 5.32 Å². The first-order valence-corrected chi connectivity index (χ1v) is 11.9. The Balaban J connectivity index is 1.49. The number of amides is 2. The van der Waals surface area contributed by atoms with Gasteiger partial charge in [0.05, 0.1) is 5.02 Å². The van der Waals surface area contributed by atoms with E-state index in [2.05, 4.69) is 26.0 Å². The molecule has 1 fully saturated rings. The molecular weight excluding hydrogens is 510 g/mol. The summed E-state index contributed by atoms with van der Waals surface area (Å²) in [6, 6.07) is 2.76. The van der Waals surface area contributed by atoms with Crippen LogP contribution in [0.1, 0.15) is 5.56 Å². The average Bonchev–Trinajstić information content (AvgIpc) is 3.22. The lowest BCUT2D eigenvalue weighted by molar-refractivity contribution is -0.150. The van der Waals surface area contributed by atoms with Crippen LogP contribution >= 0.6 is 35.1 Å². The van der Waals surface area contributed by atoms with Crippen LogP contribution in [0.5, 0.6) is 5.75 Å². The Morgan fingerprint density at radius 3 is 2.79 bits per heavy atom. The number of aromatic hydroxyl groups is 1. The van der Waals surface area contributed by atoms with Crippen LogP contribution in [-0.2, 0) is 21.4 Å². The molecule has 2 aliphatic rings. The van der Waals surface area contributed by atoms with Gasteiger partial charge in [-0.25, -0.2) is 9.48 Å². The van der Waals surface area contributed by atoms with Gasteiger partial charge in [0.1, 0.15) is 22.9 Å². The maximum atomic E-state index is 12.8. The molecule has 1 aromatic carbocycles. The highest BCUT2D eigenvalue weighted by molar-refractivity contribution is 8.01. The van der Waals surface area contributed by atoms with Crippen LogP contribution in [0.4, 0.5) is 0 Å². The van der Waals surface area contributed by atoms with Crippen molar-refractivity contribution in [1.29, 1.82) is 0 Å². The number of β-lactam (4-membered cyclic amide) rings is 1. The van der Waals surface area contributed by atoms with Crippen molar-refractivity contribution in [3.8, 4) is 5.75 Å². The van der Waals surface area contributed by atoms with Gasteiger partial charge in [0, 0.05) is 24.1 Å². The molecule has 4 N–H and O–H groups in total. The number of carboxylic acid groups (broad SMARTS) is 1. The van der Waals surface area contributed by atoms with Crippen LogP contribution in [0.25, 0.3) is 0 Å². The lowest BCUT2D eigenvalue weighted by atomic mass is 10.0. The number of halogens is 1. The van der Waals surface area contributed by atoms with Gasteiger partial charge in [-0.05, 0) is 34.2 Å². The number of phenols is 1. The molecule has 2 aliphatic heterocycles. The smallest absolute Gasteiger partial charge is 0.352 e. The zero-order valence-electron chi connectivity index (χ0n) is 17.2. The lowest BCUT2D eigenvalue weighted by Crippen LogP contribution is -2.71. The van der Waals surface area contributed by atoms with E-state index in [1.54, 1.807) is 7.05 Å². The molecule has 1 saturated heterocycles. The number of nitrogens with zero attached hydrogens (tertiary/aromatic N) is 6. The Morgan fingerprint density at radius 1 is 1.41 bits per heavy atom. The van der Waals surface area contributed by atoms with Crippen molar-refractivity contribution in [1.82, 2.24) is 30.4 Å². The first-order valence-electron chi connectivity index (χ1n) is 9.50. The molecule has 2 atom stereocenters. The van der Waals surface area contributed by atoms with E-state index in [0.717, 1.165) is 4.90 Å². The van der Waals surface area contributed by atoms with Gasteiger partial charge in [-0.1, -0.05) is 28.5 Å². The van der Waals surface area contributed by atoms with Gasteiger partial charge >= 0.3 is 5.97 Å². The number of phenolic OH excluding ortho intramolecular Hbond substituents is 1. The number of nitrogens with one attached hydrogen (secondary N) is 1. The number of aliphatic carboxylic acids is 1. The Morgan fingerprint density at radius 2 is 2.18 bits per heavy atom. The number of carbonyl (C=O) groups excluding carboxylic acids is 2. The van der Waals surface area contributed by atoms with E-state index < -0.39 is 34.9 Å². The van der Waals surface area contributed by atoms with Crippen molar-refractivity contribution in [3.05, 3.63) is 40.1 Å². The number of carboxylic acids is 1. The second-order valence-corrected chi connectivity index (χ2v) is 9.56. The van der Waals surface area contributed by atoms with Crippen LogP contribution in [-0.4, -0.2) is 86.9 Å². The van der Waals surface area contributed by atoms with Gasteiger partial charge in [0.2, 0.25) is 5.16 Å². The molecule has 2 amide bonds. The zero-order valence-corrected chi connectivity index (χ0v) is 19.6. The highest BCUT2D eigenvalue weighted by atomic mass is 35.5. The first-order chi connectivity index (χ1) is 16.2. The molecular formula is C18H16ClN7O6S2. The van der Waals surface area contributed by atoms with Crippen molar-refractivity contribution in [2.45, 2.75) is 16.6 Å². The van der Waals surface area contributed by atoms with Crippen molar-refractivity contribution in [2.24, 2.45) is 12.2 Å². The van der Waals surface area contributed by atoms with E-state index >= 15 is 0 Å². The number of thioether (sulfide) groups is 2. The maximum absolute atomic E-state index is 12.8. The number of rotatable bonds is 7. The summed E-state index contributed by atoms with van der Waals surface area (Å²) >= 11 is 8.39. The minimum absolute atomic E-state index is 0.0566. The minimum Gasteiger partial charge on any atom is -0.506 e. The van der Waals surface area contributed by atoms with Crippen molar-refractivity contribution in [3.63, 3.8) is 0 Å². The lowest BCUT2D eigenvalue weighted by Gasteiger charge is -2.49. The van der Waals surface area contributed by atoms with Crippen LogP contribution in [0.3, 0.4) is 0 Å². The van der Waals surface area contributed by atoms with E-state index in [1.807, 2.05) is 0 Å². The van der Waals surface area contributed by atoms with Gasteiger partial charge in [0.15, 0.2) is 5.71 Å². The molecule has 0 radical (unpaired) electrons. The number of tetrazole rings is 1. The third-order valence-electron chi connectivity index (χ3n) is 5.03. The summed E-state index contributed by atoms with van der Waals surface area (Å²) in [5.74, 6) is -2.36. The largest absolute Gasteiger partial charge is 0.506 e. The third-order valence-corrected chi connectivity index (χ3v) is 7.77. The summed E-state index contributed by atoms with van der Waals surface area (Å²) in [7, 11) is 1.66. The fourth-order valence-electron chi connectivity index (χ4n) is 3.39. The molecule has 16 heteroatoms. The second-order valence-electron chi connectivity index (χ2n) is 7.11. The molecule has 178 valence electrons. The zero-order chi connectivity index (χ0) is 24.6. The minimum atomic E-state index is -1.26. The average molecular weight is 526 g/mol. The van der Waals surface area contributed by atoms with E-state index in [-0.39, 0.29) is 27.8 Å². The van der Waals surface area contributed by atoms with Gasteiger partial charge in [0.25, 0.3) is 11.8 Å². The number of fused-ring (bicyclic) bond motifs is 1. The predicted octanol–water partition coefficient (Wildman–Crippen LogP) is 0.278. The van der Waals surface area contributed by atoms with Crippen LogP contribution in [0.2, 0.25) is 5.02 Å². The highest BCUT2D eigenvalue weighted by Crippen LogP contribution is 2.41. The molecule has 3 heterocycles. The summed E-state index contributed by atoms with van der Waals surface area (Å²) in [6.07, 6.45) is 0. The molecule has 0 spiro atoms. The Kier molecular flexibility index (Phi) is 6.67. The number of oxime groups is 1. The summed E-state index contributed by atoms with van der Waals surface area (Å²) in [5, 5.41) is 45.0. The number of aromatic nitrogens is 4. The van der Waals surface area contributed by atoms with Crippen LogP contribution in [0.15, 0.2) is 39.8 Å².